The van der Waals surface area contributed by atoms with Gasteiger partial charge in [-0.3, -0.25) is 10.1 Å². The number of aryl methyl sites for hydroxylation is 1. The number of amides is 1. The first kappa shape index (κ1) is 15.9. The van der Waals surface area contributed by atoms with E-state index in [1.165, 1.54) is 22.7 Å². The maximum atomic E-state index is 12.2. The van der Waals surface area contributed by atoms with Crippen LogP contribution in [0.2, 0.25) is 5.02 Å². The van der Waals surface area contributed by atoms with Gasteiger partial charge in [-0.15, -0.1) is 21.5 Å². The summed E-state index contributed by atoms with van der Waals surface area (Å²) in [4.78, 5) is 17.1. The molecule has 1 aromatic carbocycles. The molecule has 1 amide bonds. The third-order valence-electron chi connectivity index (χ3n) is 2.80. The Bertz CT molecular complexity index is 803. The first-order valence-corrected chi connectivity index (χ1v) is 8.61. The van der Waals surface area contributed by atoms with Crippen molar-refractivity contribution in [3.63, 3.8) is 0 Å². The maximum Gasteiger partial charge on any atom is 0.269 e. The normalized spacial score (nSPS) is 10.5. The number of halogens is 1. The van der Waals surface area contributed by atoms with Crippen LogP contribution in [0.4, 0.5) is 5.13 Å². The molecule has 3 aromatic rings. The summed E-state index contributed by atoms with van der Waals surface area (Å²) in [7, 11) is 0. The molecule has 9 heteroatoms. The monoisotopic (exact) mass is 366 g/mol. The van der Waals surface area contributed by atoms with Gasteiger partial charge < -0.3 is 4.74 Å². The quantitative estimate of drug-likeness (QED) is 0.743. The Morgan fingerprint density at radius 2 is 2.13 bits per heavy atom. The lowest BCUT2D eigenvalue weighted by Gasteiger charge is -2.03. The van der Waals surface area contributed by atoms with E-state index in [1.807, 2.05) is 0 Å². The van der Waals surface area contributed by atoms with E-state index >= 15 is 0 Å². The zero-order chi connectivity index (χ0) is 16.2. The second kappa shape index (κ2) is 7.03. The molecule has 0 aliphatic rings. The Kier molecular flexibility index (Phi) is 4.85. The van der Waals surface area contributed by atoms with Crippen molar-refractivity contribution >= 4 is 45.3 Å². The van der Waals surface area contributed by atoms with E-state index in [0.717, 1.165) is 5.01 Å². The molecule has 2 aromatic heterocycles. The lowest BCUT2D eigenvalue weighted by molar-refractivity contribution is 0.102. The summed E-state index contributed by atoms with van der Waals surface area (Å²) in [5.41, 5.74) is 2.22. The van der Waals surface area contributed by atoms with Gasteiger partial charge in [-0.05, 0) is 31.2 Å². The van der Waals surface area contributed by atoms with Crippen molar-refractivity contribution < 1.29 is 9.53 Å². The first-order valence-electron chi connectivity index (χ1n) is 6.54. The number of anilines is 1. The Labute approximate surface area is 145 Å². The largest absolute Gasteiger partial charge is 0.486 e. The molecule has 0 saturated heterocycles. The highest BCUT2D eigenvalue weighted by Crippen LogP contribution is 2.22. The fraction of sp³-hybridized carbons (Fsp3) is 0.143. The highest BCUT2D eigenvalue weighted by atomic mass is 35.5. The van der Waals surface area contributed by atoms with Crippen LogP contribution in [0.5, 0.6) is 5.75 Å². The lowest BCUT2D eigenvalue weighted by Crippen LogP contribution is -2.11. The van der Waals surface area contributed by atoms with E-state index in [2.05, 4.69) is 20.5 Å². The number of hydrogen-bond donors (Lipinski definition) is 1. The predicted octanol–water partition coefficient (Wildman–Crippen LogP) is 3.79. The van der Waals surface area contributed by atoms with Gasteiger partial charge in [-0.1, -0.05) is 22.9 Å². The number of rotatable bonds is 5. The lowest BCUT2D eigenvalue weighted by atomic mass is 10.3. The zero-order valence-electron chi connectivity index (χ0n) is 11.9. The van der Waals surface area contributed by atoms with E-state index < -0.39 is 0 Å². The van der Waals surface area contributed by atoms with Crippen LogP contribution in [-0.2, 0) is 6.61 Å². The molecule has 0 saturated carbocycles. The van der Waals surface area contributed by atoms with Gasteiger partial charge in [-0.2, -0.15) is 0 Å². The van der Waals surface area contributed by atoms with Crippen LogP contribution in [0.25, 0.3) is 0 Å². The van der Waals surface area contributed by atoms with Gasteiger partial charge in [0.05, 0.1) is 5.69 Å². The molecule has 23 heavy (non-hydrogen) atoms. The predicted molar refractivity (Wildman–Crippen MR) is 90.5 cm³/mol. The number of carbonyl (C=O) groups is 1. The zero-order valence-corrected chi connectivity index (χ0v) is 14.3. The fourth-order valence-corrected chi connectivity index (χ4v) is 3.22. The molecule has 0 unspecified atom stereocenters. The van der Waals surface area contributed by atoms with Crippen LogP contribution in [0, 0.1) is 6.92 Å². The molecule has 0 radical (unpaired) electrons. The third-order valence-corrected chi connectivity index (χ3v) is 4.79. The Hall–Kier alpha value is -2.03. The molecule has 118 valence electrons. The molecule has 6 nitrogen and oxygen atoms in total. The molecule has 3 rings (SSSR count). The molecule has 0 bridgehead atoms. The summed E-state index contributed by atoms with van der Waals surface area (Å²) in [6, 6.07) is 7.08. The number of nitrogens with zero attached hydrogens (tertiary/aromatic N) is 3. The summed E-state index contributed by atoms with van der Waals surface area (Å²) < 4.78 is 5.64. The second-order valence-corrected chi connectivity index (χ2v) is 6.82. The van der Waals surface area contributed by atoms with E-state index in [1.54, 1.807) is 36.7 Å². The van der Waals surface area contributed by atoms with Crippen LogP contribution in [0.1, 0.15) is 20.4 Å². The minimum atomic E-state index is -0.241. The van der Waals surface area contributed by atoms with E-state index in [4.69, 9.17) is 16.3 Å². The number of hydrogen-bond acceptors (Lipinski definition) is 7. The van der Waals surface area contributed by atoms with Crippen molar-refractivity contribution in [1.29, 1.82) is 0 Å². The summed E-state index contributed by atoms with van der Waals surface area (Å²) in [6.07, 6.45) is 0. The van der Waals surface area contributed by atoms with Gasteiger partial charge in [0.1, 0.15) is 27.8 Å². The number of carbonyl (C=O) groups excluding carboxylic acids is 1. The van der Waals surface area contributed by atoms with Gasteiger partial charge in [0.15, 0.2) is 0 Å². The topological polar surface area (TPSA) is 77.0 Å². The van der Waals surface area contributed by atoms with Gasteiger partial charge >= 0.3 is 0 Å². The SMILES string of the molecule is Cc1nc(COc2ccc(Cl)cc2)sc1C(=O)Nc1nncs1. The van der Waals surface area contributed by atoms with Crippen molar-refractivity contribution in [2.75, 3.05) is 5.32 Å². The van der Waals surface area contributed by atoms with Crippen molar-refractivity contribution in [2.24, 2.45) is 0 Å². The van der Waals surface area contributed by atoms with Crippen LogP contribution >= 0.6 is 34.3 Å². The molecular formula is C14H11ClN4O2S2. The van der Waals surface area contributed by atoms with Crippen LogP contribution in [0.15, 0.2) is 29.8 Å². The molecule has 0 aliphatic carbocycles. The van der Waals surface area contributed by atoms with Crippen molar-refractivity contribution in [3.8, 4) is 5.75 Å². The molecule has 2 heterocycles. The molecule has 0 fully saturated rings. The number of ether oxygens (including phenoxy) is 1. The smallest absolute Gasteiger partial charge is 0.269 e. The summed E-state index contributed by atoms with van der Waals surface area (Å²) in [5, 5.41) is 12.0. The van der Waals surface area contributed by atoms with E-state index in [-0.39, 0.29) is 5.91 Å². The molecule has 1 N–H and O–H groups in total. The van der Waals surface area contributed by atoms with Crippen LogP contribution < -0.4 is 10.1 Å². The number of thiazole rings is 1. The van der Waals surface area contributed by atoms with Crippen molar-refractivity contribution in [3.05, 3.63) is 50.4 Å². The third kappa shape index (κ3) is 4.04. The summed E-state index contributed by atoms with van der Waals surface area (Å²) in [5.74, 6) is 0.455. The number of aromatic nitrogens is 3. The first-order chi connectivity index (χ1) is 11.1. The standard InChI is InChI=1S/C14H11ClN4O2S2/c1-8-12(13(20)18-14-19-16-7-22-14)23-11(17-8)6-21-10-4-2-9(15)3-5-10/h2-5,7H,6H2,1H3,(H,18,19,20). The number of benzene rings is 1. The van der Waals surface area contributed by atoms with Gasteiger partial charge in [0.25, 0.3) is 5.91 Å². The van der Waals surface area contributed by atoms with Crippen molar-refractivity contribution in [1.82, 2.24) is 15.2 Å². The second-order valence-electron chi connectivity index (χ2n) is 4.46. The average Bonchev–Trinajstić information content (AvgIpc) is 3.16. The molecular weight excluding hydrogens is 356 g/mol. The van der Waals surface area contributed by atoms with Gasteiger partial charge in [0, 0.05) is 5.02 Å². The highest BCUT2D eigenvalue weighted by molar-refractivity contribution is 7.15. The van der Waals surface area contributed by atoms with Crippen LogP contribution in [-0.4, -0.2) is 21.1 Å². The van der Waals surface area contributed by atoms with E-state index in [9.17, 15) is 4.79 Å². The summed E-state index contributed by atoms with van der Waals surface area (Å²) >= 11 is 8.38. The molecule has 0 aliphatic heterocycles. The average molecular weight is 367 g/mol. The molecule has 0 spiro atoms. The van der Waals surface area contributed by atoms with Crippen LogP contribution in [0.3, 0.4) is 0 Å². The Morgan fingerprint density at radius 1 is 1.35 bits per heavy atom. The highest BCUT2D eigenvalue weighted by Gasteiger charge is 2.16. The fourth-order valence-electron chi connectivity index (χ4n) is 1.78. The number of nitrogens with one attached hydrogen (secondary N) is 1. The van der Waals surface area contributed by atoms with Crippen molar-refractivity contribution in [2.45, 2.75) is 13.5 Å². The van der Waals surface area contributed by atoms with Gasteiger partial charge in [0.2, 0.25) is 5.13 Å². The summed E-state index contributed by atoms with van der Waals surface area (Å²) in [6.45, 7) is 2.08. The van der Waals surface area contributed by atoms with Gasteiger partial charge in [-0.25, -0.2) is 4.98 Å². The van der Waals surface area contributed by atoms with E-state index in [0.29, 0.717) is 33.1 Å². The molecule has 0 atom stereocenters. The maximum absolute atomic E-state index is 12.2. The Balaban J connectivity index is 1.65. The minimum Gasteiger partial charge on any atom is -0.486 e. The Morgan fingerprint density at radius 3 is 2.83 bits per heavy atom. The minimum absolute atomic E-state index is 0.241.